The summed E-state index contributed by atoms with van der Waals surface area (Å²) in [5, 5.41) is 3.00. The van der Waals surface area contributed by atoms with Crippen molar-refractivity contribution in [3.8, 4) is 0 Å². The van der Waals surface area contributed by atoms with Crippen molar-refractivity contribution in [2.24, 2.45) is 0 Å². The van der Waals surface area contributed by atoms with E-state index in [0.717, 1.165) is 35.5 Å². The number of amides is 3. The Balaban J connectivity index is 1.27. The minimum absolute atomic E-state index is 0.0104. The highest BCUT2D eigenvalue weighted by molar-refractivity contribution is 5.97. The molecule has 0 aromatic heterocycles. The first-order valence-electron chi connectivity index (χ1n) is 11.2. The zero-order chi connectivity index (χ0) is 22.7. The molecule has 2 aliphatic heterocycles. The van der Waals surface area contributed by atoms with Crippen molar-refractivity contribution in [1.29, 1.82) is 0 Å². The maximum absolute atomic E-state index is 12.9. The van der Waals surface area contributed by atoms with Crippen LogP contribution in [0.5, 0.6) is 0 Å². The van der Waals surface area contributed by atoms with Gasteiger partial charge >= 0.3 is 0 Å². The van der Waals surface area contributed by atoms with E-state index in [9.17, 15) is 14.4 Å². The normalized spacial score (nSPS) is 17.0. The van der Waals surface area contributed by atoms with Crippen LogP contribution in [0.25, 0.3) is 0 Å². The average Bonchev–Trinajstić information content (AvgIpc) is 3.23. The third-order valence-electron chi connectivity index (χ3n) is 6.40. The highest BCUT2D eigenvalue weighted by atomic mass is 16.2. The van der Waals surface area contributed by atoms with Gasteiger partial charge in [-0.3, -0.25) is 19.3 Å². The molecule has 168 valence electrons. The van der Waals surface area contributed by atoms with Crippen LogP contribution in [-0.2, 0) is 9.59 Å². The van der Waals surface area contributed by atoms with Crippen LogP contribution in [0.15, 0.2) is 42.5 Å². The van der Waals surface area contributed by atoms with E-state index in [0.29, 0.717) is 44.7 Å². The summed E-state index contributed by atoms with van der Waals surface area (Å²) < 4.78 is 0. The molecule has 0 bridgehead atoms. The lowest BCUT2D eigenvalue weighted by atomic mass is 10.1. The van der Waals surface area contributed by atoms with Crippen LogP contribution in [0.2, 0.25) is 0 Å². The molecule has 2 fully saturated rings. The number of carbonyl (C=O) groups is 3. The van der Waals surface area contributed by atoms with Gasteiger partial charge in [-0.2, -0.15) is 0 Å². The van der Waals surface area contributed by atoms with Crippen LogP contribution in [0.4, 0.5) is 11.4 Å². The van der Waals surface area contributed by atoms with Gasteiger partial charge in [0, 0.05) is 56.1 Å². The minimum atomic E-state index is -0.0366. The maximum atomic E-state index is 12.9. The van der Waals surface area contributed by atoms with E-state index in [1.807, 2.05) is 49.1 Å². The zero-order valence-electron chi connectivity index (χ0n) is 18.8. The molecule has 2 aromatic carbocycles. The SMILES string of the molecule is Cc1cccc(NC(=O)CN2CCN(C(=O)c3ccc(N4CCCC4=O)cc3)CC2)c1C. The Morgan fingerprint density at radius 1 is 0.938 bits per heavy atom. The molecule has 4 rings (SSSR count). The third kappa shape index (κ3) is 4.83. The summed E-state index contributed by atoms with van der Waals surface area (Å²) in [6, 6.07) is 13.2. The quantitative estimate of drug-likeness (QED) is 0.786. The van der Waals surface area contributed by atoms with Gasteiger partial charge in [-0.25, -0.2) is 0 Å². The van der Waals surface area contributed by atoms with Gasteiger partial charge in [0.15, 0.2) is 0 Å². The lowest BCUT2D eigenvalue weighted by Crippen LogP contribution is -2.50. The summed E-state index contributed by atoms with van der Waals surface area (Å²) in [6.45, 7) is 7.58. The average molecular weight is 435 g/mol. The monoisotopic (exact) mass is 434 g/mol. The Bertz CT molecular complexity index is 1010. The van der Waals surface area contributed by atoms with E-state index in [1.54, 1.807) is 17.0 Å². The molecular weight excluding hydrogens is 404 g/mol. The molecule has 0 atom stereocenters. The Hall–Kier alpha value is -3.19. The minimum Gasteiger partial charge on any atom is -0.336 e. The van der Waals surface area contributed by atoms with Crippen LogP contribution in [-0.4, -0.2) is 66.8 Å². The fourth-order valence-corrected chi connectivity index (χ4v) is 4.28. The molecule has 0 spiro atoms. The molecule has 0 saturated carbocycles. The Morgan fingerprint density at radius 2 is 1.66 bits per heavy atom. The molecule has 0 aliphatic carbocycles. The molecule has 2 heterocycles. The van der Waals surface area contributed by atoms with E-state index in [-0.39, 0.29) is 17.7 Å². The second-order valence-electron chi connectivity index (χ2n) is 8.56. The van der Waals surface area contributed by atoms with E-state index in [4.69, 9.17) is 0 Å². The molecule has 2 aromatic rings. The fraction of sp³-hybridized carbons (Fsp3) is 0.400. The van der Waals surface area contributed by atoms with Gasteiger partial charge in [-0.15, -0.1) is 0 Å². The van der Waals surface area contributed by atoms with E-state index >= 15 is 0 Å². The van der Waals surface area contributed by atoms with Gasteiger partial charge in [0.2, 0.25) is 11.8 Å². The highest BCUT2D eigenvalue weighted by Gasteiger charge is 2.25. The number of carbonyl (C=O) groups excluding carboxylic acids is 3. The second kappa shape index (κ2) is 9.53. The summed E-state index contributed by atoms with van der Waals surface area (Å²) >= 11 is 0. The zero-order valence-corrected chi connectivity index (χ0v) is 18.8. The van der Waals surface area contributed by atoms with Gasteiger partial charge in [0.1, 0.15) is 0 Å². The van der Waals surface area contributed by atoms with Gasteiger partial charge in [-0.1, -0.05) is 12.1 Å². The first-order valence-corrected chi connectivity index (χ1v) is 11.2. The highest BCUT2D eigenvalue weighted by Crippen LogP contribution is 2.22. The second-order valence-corrected chi connectivity index (χ2v) is 8.56. The van der Waals surface area contributed by atoms with Crippen molar-refractivity contribution >= 4 is 29.1 Å². The molecular formula is C25H30N4O3. The summed E-state index contributed by atoms with van der Waals surface area (Å²) in [6.07, 6.45) is 1.47. The first-order chi connectivity index (χ1) is 15.4. The van der Waals surface area contributed by atoms with Crippen LogP contribution in [0, 0.1) is 13.8 Å². The molecule has 0 radical (unpaired) electrons. The van der Waals surface area contributed by atoms with Gasteiger partial charge in [-0.05, 0) is 61.7 Å². The molecule has 3 amide bonds. The number of nitrogens with zero attached hydrogens (tertiary/aromatic N) is 3. The number of hydrogen-bond acceptors (Lipinski definition) is 4. The smallest absolute Gasteiger partial charge is 0.253 e. The number of hydrogen-bond donors (Lipinski definition) is 1. The van der Waals surface area contributed by atoms with E-state index < -0.39 is 0 Å². The summed E-state index contributed by atoms with van der Waals surface area (Å²) in [5.74, 6) is 0.0936. The van der Waals surface area contributed by atoms with Crippen molar-refractivity contribution in [1.82, 2.24) is 9.80 Å². The van der Waals surface area contributed by atoms with Crippen molar-refractivity contribution in [3.63, 3.8) is 0 Å². The predicted octanol–water partition coefficient (Wildman–Crippen LogP) is 2.83. The van der Waals surface area contributed by atoms with Crippen LogP contribution < -0.4 is 10.2 Å². The van der Waals surface area contributed by atoms with Crippen molar-refractivity contribution in [2.45, 2.75) is 26.7 Å². The number of aryl methyl sites for hydroxylation is 1. The molecule has 2 saturated heterocycles. The van der Waals surface area contributed by atoms with Crippen molar-refractivity contribution in [2.75, 3.05) is 49.5 Å². The third-order valence-corrected chi connectivity index (χ3v) is 6.40. The Morgan fingerprint density at radius 3 is 2.31 bits per heavy atom. The largest absolute Gasteiger partial charge is 0.336 e. The van der Waals surface area contributed by atoms with Gasteiger partial charge in [0.05, 0.1) is 6.54 Å². The molecule has 1 N–H and O–H groups in total. The number of nitrogens with one attached hydrogen (secondary N) is 1. The van der Waals surface area contributed by atoms with E-state index in [2.05, 4.69) is 10.2 Å². The maximum Gasteiger partial charge on any atom is 0.253 e. The number of anilines is 2. The van der Waals surface area contributed by atoms with Crippen LogP contribution in [0.3, 0.4) is 0 Å². The Labute approximate surface area is 189 Å². The van der Waals surface area contributed by atoms with Gasteiger partial charge in [0.25, 0.3) is 5.91 Å². The molecule has 2 aliphatic rings. The van der Waals surface area contributed by atoms with Crippen LogP contribution in [0.1, 0.15) is 34.3 Å². The molecule has 7 heteroatoms. The molecule has 7 nitrogen and oxygen atoms in total. The number of piperazine rings is 1. The summed E-state index contributed by atoms with van der Waals surface area (Å²) in [4.78, 5) is 42.9. The predicted molar refractivity (Wildman–Crippen MR) is 125 cm³/mol. The number of rotatable bonds is 5. The Kier molecular flexibility index (Phi) is 6.55. The topological polar surface area (TPSA) is 73.0 Å². The summed E-state index contributed by atoms with van der Waals surface area (Å²) in [5.41, 5.74) is 4.56. The van der Waals surface area contributed by atoms with E-state index in [1.165, 1.54) is 0 Å². The lowest BCUT2D eigenvalue weighted by Gasteiger charge is -2.34. The standard InChI is InChI=1S/C25H30N4O3/c1-18-5-3-6-22(19(18)2)26-23(30)17-27-13-15-28(16-14-27)25(32)20-8-10-21(11-9-20)29-12-4-7-24(29)31/h3,5-6,8-11H,4,7,12-17H2,1-2H3,(H,26,30). The first kappa shape index (κ1) is 22.0. The molecule has 0 unspecified atom stereocenters. The summed E-state index contributed by atoms with van der Waals surface area (Å²) in [7, 11) is 0. The molecule has 32 heavy (non-hydrogen) atoms. The fourth-order valence-electron chi connectivity index (χ4n) is 4.28. The van der Waals surface area contributed by atoms with Crippen molar-refractivity contribution < 1.29 is 14.4 Å². The van der Waals surface area contributed by atoms with Crippen molar-refractivity contribution in [3.05, 3.63) is 59.2 Å². The lowest BCUT2D eigenvalue weighted by molar-refractivity contribution is -0.118. The van der Waals surface area contributed by atoms with Crippen LogP contribution >= 0.6 is 0 Å². The van der Waals surface area contributed by atoms with Gasteiger partial charge < -0.3 is 15.1 Å². The number of benzene rings is 2.